The van der Waals surface area contributed by atoms with Gasteiger partial charge in [-0.1, -0.05) is 17.7 Å². The van der Waals surface area contributed by atoms with E-state index in [1.807, 2.05) is 6.07 Å². The lowest BCUT2D eigenvalue weighted by Gasteiger charge is -2.05. The van der Waals surface area contributed by atoms with Gasteiger partial charge in [0, 0.05) is 11.3 Å². The topological polar surface area (TPSA) is 78.7 Å². The van der Waals surface area contributed by atoms with E-state index in [2.05, 4.69) is 15.3 Å². The number of nitrogens with zero attached hydrogens (tertiary/aromatic N) is 3. The molecule has 0 unspecified atom stereocenters. The van der Waals surface area contributed by atoms with Gasteiger partial charge in [-0.2, -0.15) is 5.26 Å². The van der Waals surface area contributed by atoms with Gasteiger partial charge in [-0.25, -0.2) is 9.97 Å². The molecule has 0 aliphatic heterocycles. The highest BCUT2D eigenvalue weighted by molar-refractivity contribution is 6.29. The first-order valence-corrected chi connectivity index (χ1v) is 5.79. The van der Waals surface area contributed by atoms with Crippen LogP contribution >= 0.6 is 11.6 Å². The lowest BCUT2D eigenvalue weighted by atomic mass is 10.1. The third kappa shape index (κ3) is 3.27. The highest BCUT2D eigenvalue weighted by atomic mass is 35.5. The molecule has 1 heterocycles. The Balaban J connectivity index is 2.23. The molecule has 0 radical (unpaired) electrons. The van der Waals surface area contributed by atoms with Crippen LogP contribution in [0.3, 0.4) is 0 Å². The van der Waals surface area contributed by atoms with E-state index < -0.39 is 5.91 Å². The molecule has 0 fully saturated rings. The average Bonchev–Trinajstić information content (AvgIpc) is 2.37. The summed E-state index contributed by atoms with van der Waals surface area (Å²) in [4.78, 5) is 19.9. The lowest BCUT2D eigenvalue weighted by molar-refractivity contribution is 0.102. The summed E-state index contributed by atoms with van der Waals surface area (Å²) >= 11 is 5.78. The molecule has 19 heavy (non-hydrogen) atoms. The fourth-order valence-electron chi connectivity index (χ4n) is 1.49. The van der Waals surface area contributed by atoms with Crippen molar-refractivity contribution in [3.05, 3.63) is 52.3 Å². The van der Waals surface area contributed by atoms with E-state index >= 15 is 0 Å². The van der Waals surface area contributed by atoms with E-state index in [9.17, 15) is 4.79 Å². The summed E-state index contributed by atoms with van der Waals surface area (Å²) in [5.41, 5.74) is 1.43. The van der Waals surface area contributed by atoms with Crippen LogP contribution in [0.1, 0.15) is 21.6 Å². The number of anilines is 1. The van der Waals surface area contributed by atoms with Crippen LogP contribution in [0, 0.1) is 18.3 Å². The number of aryl methyl sites for hydroxylation is 1. The van der Waals surface area contributed by atoms with Gasteiger partial charge >= 0.3 is 0 Å². The Morgan fingerprint density at radius 3 is 2.84 bits per heavy atom. The van der Waals surface area contributed by atoms with E-state index in [1.165, 1.54) is 6.07 Å². The number of carbonyl (C=O) groups excluding carboxylic acids is 1. The normalized spacial score (nSPS) is 9.74. The second-order valence-corrected chi connectivity index (χ2v) is 4.19. The zero-order valence-corrected chi connectivity index (χ0v) is 10.8. The second-order valence-electron chi connectivity index (χ2n) is 3.80. The number of benzene rings is 1. The predicted molar refractivity (Wildman–Crippen MR) is 70.9 cm³/mol. The molecule has 6 heteroatoms. The molecule has 1 N–H and O–H groups in total. The molecule has 1 aromatic carbocycles. The minimum absolute atomic E-state index is 0.136. The maximum absolute atomic E-state index is 12.0. The fourth-order valence-corrected chi connectivity index (χ4v) is 1.73. The van der Waals surface area contributed by atoms with Gasteiger partial charge in [0.2, 0.25) is 5.95 Å². The molecule has 1 amide bonds. The van der Waals surface area contributed by atoms with Gasteiger partial charge in [-0.3, -0.25) is 10.1 Å². The molecule has 0 saturated heterocycles. The van der Waals surface area contributed by atoms with Crippen LogP contribution in [0.5, 0.6) is 0 Å². The van der Waals surface area contributed by atoms with E-state index in [4.69, 9.17) is 16.9 Å². The van der Waals surface area contributed by atoms with Crippen molar-refractivity contribution >= 4 is 23.5 Å². The number of hydrogen-bond donors (Lipinski definition) is 1. The largest absolute Gasteiger partial charge is 0.290 e. The van der Waals surface area contributed by atoms with Crippen LogP contribution in [0.2, 0.25) is 5.15 Å². The van der Waals surface area contributed by atoms with Crippen molar-refractivity contribution in [2.45, 2.75) is 6.92 Å². The number of aromatic nitrogens is 2. The summed E-state index contributed by atoms with van der Waals surface area (Å²) in [5.74, 6) is -0.254. The average molecular weight is 273 g/mol. The molecule has 0 atom stereocenters. The zero-order valence-electron chi connectivity index (χ0n) is 10.0. The maximum Gasteiger partial charge on any atom is 0.258 e. The number of nitrogens with one attached hydrogen (secondary N) is 1. The van der Waals surface area contributed by atoms with E-state index in [0.29, 0.717) is 16.8 Å². The molecule has 0 saturated carbocycles. The van der Waals surface area contributed by atoms with Gasteiger partial charge in [-0.15, -0.1) is 0 Å². The molecule has 0 aliphatic rings. The molecular weight excluding hydrogens is 264 g/mol. The first-order valence-electron chi connectivity index (χ1n) is 5.41. The summed E-state index contributed by atoms with van der Waals surface area (Å²) in [6.07, 6.45) is 0. The summed E-state index contributed by atoms with van der Waals surface area (Å²) < 4.78 is 0. The summed E-state index contributed by atoms with van der Waals surface area (Å²) in [7, 11) is 0. The van der Waals surface area contributed by atoms with E-state index in [0.717, 1.165) is 0 Å². The number of nitriles is 1. The molecule has 5 nitrogen and oxygen atoms in total. The zero-order chi connectivity index (χ0) is 13.8. The third-order valence-electron chi connectivity index (χ3n) is 2.30. The van der Waals surface area contributed by atoms with Crippen molar-refractivity contribution in [1.29, 1.82) is 5.26 Å². The first-order chi connectivity index (χ1) is 9.08. The van der Waals surface area contributed by atoms with Crippen molar-refractivity contribution in [2.75, 3.05) is 5.32 Å². The predicted octanol–water partition coefficient (Wildman–Crippen LogP) is 2.56. The van der Waals surface area contributed by atoms with Crippen LogP contribution in [0.4, 0.5) is 5.95 Å². The fraction of sp³-hybridized carbons (Fsp3) is 0.0769. The third-order valence-corrected chi connectivity index (χ3v) is 2.50. The molecule has 1 aromatic heterocycles. The van der Waals surface area contributed by atoms with Crippen LogP contribution in [-0.2, 0) is 0 Å². The Bertz CT molecular complexity index is 658. The van der Waals surface area contributed by atoms with Gasteiger partial charge in [0.05, 0.1) is 11.6 Å². The van der Waals surface area contributed by atoms with Gasteiger partial charge < -0.3 is 0 Å². The van der Waals surface area contributed by atoms with Gasteiger partial charge in [-0.05, 0) is 31.2 Å². The number of hydrogen-bond acceptors (Lipinski definition) is 4. The molecule has 2 rings (SSSR count). The molecule has 0 bridgehead atoms. The Kier molecular flexibility index (Phi) is 3.74. The highest BCUT2D eigenvalue weighted by Gasteiger charge is 2.09. The van der Waals surface area contributed by atoms with Crippen LogP contribution < -0.4 is 5.32 Å². The van der Waals surface area contributed by atoms with Crippen molar-refractivity contribution in [2.24, 2.45) is 0 Å². The lowest BCUT2D eigenvalue weighted by Crippen LogP contribution is -2.14. The second kappa shape index (κ2) is 5.46. The molecular formula is C13H9ClN4O. The number of rotatable bonds is 2. The van der Waals surface area contributed by atoms with Gasteiger partial charge in [0.15, 0.2) is 0 Å². The van der Waals surface area contributed by atoms with E-state index in [-0.39, 0.29) is 11.1 Å². The highest BCUT2D eigenvalue weighted by Crippen LogP contribution is 2.11. The Hall–Kier alpha value is -2.45. The van der Waals surface area contributed by atoms with Crippen molar-refractivity contribution in [1.82, 2.24) is 9.97 Å². The van der Waals surface area contributed by atoms with Crippen LogP contribution in [0.15, 0.2) is 30.3 Å². The summed E-state index contributed by atoms with van der Waals surface area (Å²) in [6, 6.07) is 9.92. The molecule has 2 aromatic rings. The molecule has 94 valence electrons. The SMILES string of the molecule is Cc1cc(Cl)nc(NC(=O)c2cccc(C#N)c2)n1. The standard InChI is InChI=1S/C13H9ClN4O/c1-8-5-11(14)17-13(16-8)18-12(19)10-4-2-3-9(6-10)7-15/h2-6H,1H3,(H,16,17,18,19). The quantitative estimate of drug-likeness (QED) is 0.852. The minimum Gasteiger partial charge on any atom is -0.290 e. The number of amides is 1. The van der Waals surface area contributed by atoms with Gasteiger partial charge in [0.1, 0.15) is 5.15 Å². The van der Waals surface area contributed by atoms with Crippen molar-refractivity contribution < 1.29 is 4.79 Å². The molecule has 0 aliphatic carbocycles. The summed E-state index contributed by atoms with van der Waals surface area (Å²) in [5, 5.41) is 11.6. The molecule has 0 spiro atoms. The Morgan fingerprint density at radius 1 is 1.37 bits per heavy atom. The minimum atomic E-state index is -0.390. The van der Waals surface area contributed by atoms with Gasteiger partial charge in [0.25, 0.3) is 5.91 Å². The van der Waals surface area contributed by atoms with Crippen LogP contribution in [-0.4, -0.2) is 15.9 Å². The van der Waals surface area contributed by atoms with Crippen LogP contribution in [0.25, 0.3) is 0 Å². The summed E-state index contributed by atoms with van der Waals surface area (Å²) in [6.45, 7) is 1.75. The Labute approximate surface area is 114 Å². The monoisotopic (exact) mass is 272 g/mol. The van der Waals surface area contributed by atoms with Crippen molar-refractivity contribution in [3.8, 4) is 6.07 Å². The maximum atomic E-state index is 12.0. The number of carbonyl (C=O) groups is 1. The smallest absolute Gasteiger partial charge is 0.258 e. The first kappa shape index (κ1) is 13.0. The Morgan fingerprint density at radius 2 is 2.16 bits per heavy atom. The number of halogens is 1. The van der Waals surface area contributed by atoms with Crippen molar-refractivity contribution in [3.63, 3.8) is 0 Å². The van der Waals surface area contributed by atoms with E-state index in [1.54, 1.807) is 31.2 Å².